The van der Waals surface area contributed by atoms with E-state index in [4.69, 9.17) is 10.00 Å². The van der Waals surface area contributed by atoms with E-state index in [0.717, 1.165) is 31.4 Å². The van der Waals surface area contributed by atoms with Crippen LogP contribution in [0.4, 0.5) is 10.1 Å². The Morgan fingerprint density at radius 2 is 2.00 bits per heavy atom. The molecule has 0 unspecified atom stereocenters. The van der Waals surface area contributed by atoms with E-state index in [1.54, 1.807) is 6.07 Å². The lowest BCUT2D eigenvalue weighted by Gasteiger charge is -2.34. The van der Waals surface area contributed by atoms with Gasteiger partial charge in [0.15, 0.2) is 11.6 Å². The van der Waals surface area contributed by atoms with Crippen LogP contribution in [0.2, 0.25) is 0 Å². The molecule has 2 rings (SSSR count). The van der Waals surface area contributed by atoms with Crippen LogP contribution in [0, 0.1) is 23.1 Å². The number of benzene rings is 1. The maximum atomic E-state index is 13.7. The SMILES string of the molecule is COc1ccc(N(C)C2CCC(C#N)CC2)cc1F. The normalized spacial score (nSPS) is 22.6. The zero-order chi connectivity index (χ0) is 13.8. The third-order valence-electron chi connectivity index (χ3n) is 3.97. The zero-order valence-corrected chi connectivity index (χ0v) is 11.4. The van der Waals surface area contributed by atoms with Crippen LogP contribution in [0.3, 0.4) is 0 Å². The molecule has 1 aliphatic rings. The van der Waals surface area contributed by atoms with Gasteiger partial charge in [-0.05, 0) is 37.8 Å². The van der Waals surface area contributed by atoms with Crippen LogP contribution in [0.25, 0.3) is 0 Å². The number of hydrogen-bond donors (Lipinski definition) is 0. The van der Waals surface area contributed by atoms with Crippen LogP contribution in [0.1, 0.15) is 25.7 Å². The topological polar surface area (TPSA) is 36.3 Å². The molecule has 0 spiro atoms. The van der Waals surface area contributed by atoms with E-state index >= 15 is 0 Å². The summed E-state index contributed by atoms with van der Waals surface area (Å²) < 4.78 is 18.6. The number of rotatable bonds is 3. The zero-order valence-electron chi connectivity index (χ0n) is 11.4. The van der Waals surface area contributed by atoms with E-state index in [1.165, 1.54) is 13.2 Å². The van der Waals surface area contributed by atoms with Gasteiger partial charge in [-0.2, -0.15) is 5.26 Å². The average Bonchev–Trinajstić information content (AvgIpc) is 2.46. The molecule has 0 heterocycles. The van der Waals surface area contributed by atoms with Crippen LogP contribution in [0.5, 0.6) is 5.75 Å². The van der Waals surface area contributed by atoms with Crippen LogP contribution >= 0.6 is 0 Å². The highest BCUT2D eigenvalue weighted by molar-refractivity contribution is 5.50. The molecule has 0 radical (unpaired) electrons. The first-order valence-electron chi connectivity index (χ1n) is 6.61. The third-order valence-corrected chi connectivity index (χ3v) is 3.97. The standard InChI is InChI=1S/C15H19FN2O/c1-18(12-5-3-11(10-17)4-6-12)13-7-8-15(19-2)14(16)9-13/h7-9,11-12H,3-6H2,1-2H3. The van der Waals surface area contributed by atoms with Crippen molar-refractivity contribution in [3.8, 4) is 11.8 Å². The van der Waals surface area contributed by atoms with Crippen LogP contribution < -0.4 is 9.64 Å². The summed E-state index contributed by atoms with van der Waals surface area (Å²) in [4.78, 5) is 2.11. The second-order valence-corrected chi connectivity index (χ2v) is 5.06. The largest absolute Gasteiger partial charge is 0.494 e. The summed E-state index contributed by atoms with van der Waals surface area (Å²) in [5.41, 5.74) is 0.860. The van der Waals surface area contributed by atoms with Gasteiger partial charge in [0.1, 0.15) is 0 Å². The molecular formula is C15H19FN2O. The van der Waals surface area contributed by atoms with Crippen molar-refractivity contribution in [2.45, 2.75) is 31.7 Å². The summed E-state index contributed by atoms with van der Waals surface area (Å²) in [6.45, 7) is 0. The second-order valence-electron chi connectivity index (χ2n) is 5.06. The highest BCUT2D eigenvalue weighted by Crippen LogP contribution is 2.31. The first kappa shape index (κ1) is 13.7. The number of ether oxygens (including phenoxy) is 1. The van der Waals surface area contributed by atoms with Gasteiger partial charge in [-0.15, -0.1) is 0 Å². The van der Waals surface area contributed by atoms with Gasteiger partial charge in [-0.25, -0.2) is 4.39 Å². The van der Waals surface area contributed by atoms with Crippen LogP contribution in [-0.4, -0.2) is 20.2 Å². The van der Waals surface area contributed by atoms with Gasteiger partial charge in [0.25, 0.3) is 0 Å². The average molecular weight is 262 g/mol. The van der Waals surface area contributed by atoms with Gasteiger partial charge in [0.05, 0.1) is 13.2 Å². The number of nitrogens with zero attached hydrogens (tertiary/aromatic N) is 2. The van der Waals surface area contributed by atoms with E-state index in [9.17, 15) is 4.39 Å². The van der Waals surface area contributed by atoms with Crippen LogP contribution in [-0.2, 0) is 0 Å². The predicted molar refractivity (Wildman–Crippen MR) is 72.7 cm³/mol. The van der Waals surface area contributed by atoms with Crippen molar-refractivity contribution in [1.82, 2.24) is 0 Å². The molecule has 1 aromatic carbocycles. The molecule has 0 amide bonds. The molecule has 0 aromatic heterocycles. The predicted octanol–water partition coefficient (Wildman–Crippen LogP) is 3.35. The van der Waals surface area contributed by atoms with Crippen molar-refractivity contribution < 1.29 is 9.13 Å². The molecule has 0 atom stereocenters. The lowest BCUT2D eigenvalue weighted by atomic mass is 9.86. The molecule has 0 saturated heterocycles. The Hall–Kier alpha value is -1.76. The highest BCUT2D eigenvalue weighted by atomic mass is 19.1. The van der Waals surface area contributed by atoms with E-state index in [0.29, 0.717) is 6.04 Å². The van der Waals surface area contributed by atoms with Crippen LogP contribution in [0.15, 0.2) is 18.2 Å². The smallest absolute Gasteiger partial charge is 0.167 e. The van der Waals surface area contributed by atoms with Gasteiger partial charge in [0, 0.05) is 30.8 Å². The Morgan fingerprint density at radius 3 is 2.53 bits per heavy atom. The summed E-state index contributed by atoms with van der Waals surface area (Å²) in [5.74, 6) is 0.125. The molecule has 0 bridgehead atoms. The van der Waals surface area contributed by atoms with E-state index in [-0.39, 0.29) is 17.5 Å². The molecule has 4 heteroatoms. The van der Waals surface area contributed by atoms with Gasteiger partial charge >= 0.3 is 0 Å². The number of nitriles is 1. The molecular weight excluding hydrogens is 243 g/mol. The first-order valence-corrected chi connectivity index (χ1v) is 6.61. The quantitative estimate of drug-likeness (QED) is 0.838. The van der Waals surface area contributed by atoms with Gasteiger partial charge in [-0.3, -0.25) is 0 Å². The maximum absolute atomic E-state index is 13.7. The van der Waals surface area contributed by atoms with E-state index in [2.05, 4.69) is 11.0 Å². The van der Waals surface area contributed by atoms with E-state index < -0.39 is 0 Å². The molecule has 1 aromatic rings. The van der Waals surface area contributed by atoms with Crippen molar-refractivity contribution in [3.05, 3.63) is 24.0 Å². The van der Waals surface area contributed by atoms with Crippen molar-refractivity contribution >= 4 is 5.69 Å². The number of methoxy groups -OCH3 is 1. The Bertz CT molecular complexity index is 476. The van der Waals surface area contributed by atoms with Crippen molar-refractivity contribution in [1.29, 1.82) is 5.26 Å². The minimum atomic E-state index is -0.336. The fourth-order valence-corrected chi connectivity index (χ4v) is 2.68. The molecule has 19 heavy (non-hydrogen) atoms. The molecule has 1 fully saturated rings. The summed E-state index contributed by atoms with van der Waals surface area (Å²) in [6.07, 6.45) is 3.85. The van der Waals surface area contributed by atoms with Crippen molar-refractivity contribution in [2.24, 2.45) is 5.92 Å². The Kier molecular flexibility index (Phi) is 4.26. The fraction of sp³-hybridized carbons (Fsp3) is 0.533. The lowest BCUT2D eigenvalue weighted by Crippen LogP contribution is -2.35. The lowest BCUT2D eigenvalue weighted by molar-refractivity contribution is 0.371. The number of halogens is 1. The second kappa shape index (κ2) is 5.92. The first-order chi connectivity index (χ1) is 9.15. The van der Waals surface area contributed by atoms with Gasteiger partial charge in [-0.1, -0.05) is 0 Å². The molecule has 1 aliphatic carbocycles. The van der Waals surface area contributed by atoms with Gasteiger partial charge < -0.3 is 9.64 Å². The highest BCUT2D eigenvalue weighted by Gasteiger charge is 2.24. The number of hydrogen-bond acceptors (Lipinski definition) is 3. The third kappa shape index (κ3) is 2.98. The van der Waals surface area contributed by atoms with Crippen molar-refractivity contribution in [2.75, 3.05) is 19.1 Å². The molecule has 0 aliphatic heterocycles. The molecule has 3 nitrogen and oxygen atoms in total. The Morgan fingerprint density at radius 1 is 1.32 bits per heavy atom. The maximum Gasteiger partial charge on any atom is 0.167 e. The Labute approximate surface area is 113 Å². The summed E-state index contributed by atoms with van der Waals surface area (Å²) >= 11 is 0. The number of anilines is 1. The van der Waals surface area contributed by atoms with Crippen molar-refractivity contribution in [3.63, 3.8) is 0 Å². The Balaban J connectivity index is 2.06. The monoisotopic (exact) mass is 262 g/mol. The molecule has 1 saturated carbocycles. The summed E-state index contributed by atoms with van der Waals surface area (Å²) in [6, 6.07) is 7.76. The molecule has 102 valence electrons. The van der Waals surface area contributed by atoms with Gasteiger partial charge in [0.2, 0.25) is 0 Å². The summed E-state index contributed by atoms with van der Waals surface area (Å²) in [5, 5.41) is 8.90. The fourth-order valence-electron chi connectivity index (χ4n) is 2.68. The summed E-state index contributed by atoms with van der Waals surface area (Å²) in [7, 11) is 3.45. The molecule has 0 N–H and O–H groups in total. The minimum absolute atomic E-state index is 0.192. The minimum Gasteiger partial charge on any atom is -0.494 e. The van der Waals surface area contributed by atoms with E-state index in [1.807, 2.05) is 13.1 Å².